The van der Waals surface area contributed by atoms with Crippen LogP contribution in [0.4, 0.5) is 10.1 Å². The Morgan fingerprint density at radius 2 is 1.90 bits per heavy atom. The van der Waals surface area contributed by atoms with E-state index in [9.17, 15) is 13.8 Å². The van der Waals surface area contributed by atoms with Gasteiger partial charge in [0.05, 0.1) is 18.1 Å². The average Bonchev–Trinajstić information content (AvgIpc) is 3.01. The van der Waals surface area contributed by atoms with E-state index in [2.05, 4.69) is 10.4 Å². The molecule has 0 aliphatic heterocycles. The molecule has 0 spiro atoms. The van der Waals surface area contributed by atoms with Crippen LogP contribution in [0.2, 0.25) is 0 Å². The van der Waals surface area contributed by atoms with Crippen molar-refractivity contribution in [2.45, 2.75) is 6.16 Å². The highest BCUT2D eigenvalue weighted by molar-refractivity contribution is 7.50. The normalized spacial score (nSPS) is 11.7. The van der Waals surface area contributed by atoms with Gasteiger partial charge in [0, 0.05) is 29.9 Å². The SMILES string of the molecule is Cn1ncc(/C=C/C(=O)Nc2ccc(CP(=O)(O)O)cc2)c1-c1ccccc1F. The zero-order valence-electron chi connectivity index (χ0n) is 15.5. The number of aryl methyl sites for hydroxylation is 1. The maximum atomic E-state index is 14.1. The van der Waals surface area contributed by atoms with Gasteiger partial charge in [-0.3, -0.25) is 14.0 Å². The Kier molecular flexibility index (Phi) is 6.08. The summed E-state index contributed by atoms with van der Waals surface area (Å²) in [5.74, 6) is -0.790. The molecule has 1 aromatic heterocycles. The largest absolute Gasteiger partial charge is 0.329 e. The van der Waals surface area contributed by atoms with Gasteiger partial charge in [-0.2, -0.15) is 5.10 Å². The second-order valence-corrected chi connectivity index (χ2v) is 8.04. The van der Waals surface area contributed by atoms with Gasteiger partial charge in [0.2, 0.25) is 5.91 Å². The lowest BCUT2D eigenvalue weighted by Gasteiger charge is -2.06. The number of carbonyl (C=O) groups is 1. The summed E-state index contributed by atoms with van der Waals surface area (Å²) in [5.41, 5.74) is 2.47. The van der Waals surface area contributed by atoms with E-state index in [1.54, 1.807) is 49.7 Å². The fourth-order valence-electron chi connectivity index (χ4n) is 2.84. The molecule has 2 aromatic carbocycles. The number of aromatic nitrogens is 2. The van der Waals surface area contributed by atoms with Crippen LogP contribution in [0, 0.1) is 5.82 Å². The summed E-state index contributed by atoms with van der Waals surface area (Å²) < 4.78 is 26.7. The van der Waals surface area contributed by atoms with Gasteiger partial charge in [-0.15, -0.1) is 0 Å². The van der Waals surface area contributed by atoms with Crippen LogP contribution in [0.3, 0.4) is 0 Å². The van der Waals surface area contributed by atoms with Crippen molar-refractivity contribution in [3.05, 3.63) is 77.7 Å². The number of benzene rings is 2. The quantitative estimate of drug-likeness (QED) is 0.422. The van der Waals surface area contributed by atoms with Gasteiger partial charge in [0.1, 0.15) is 5.82 Å². The zero-order chi connectivity index (χ0) is 21.0. The highest BCUT2D eigenvalue weighted by atomic mass is 31.2. The van der Waals surface area contributed by atoms with Gasteiger partial charge in [-0.05, 0) is 35.9 Å². The molecular weight excluding hydrogens is 396 g/mol. The topological polar surface area (TPSA) is 104 Å². The molecule has 3 aromatic rings. The molecular formula is C20H19FN3O4P. The van der Waals surface area contributed by atoms with Gasteiger partial charge in [0.15, 0.2) is 0 Å². The van der Waals surface area contributed by atoms with Gasteiger partial charge in [-0.1, -0.05) is 24.3 Å². The van der Waals surface area contributed by atoms with Crippen LogP contribution in [0.15, 0.2) is 60.8 Å². The minimum atomic E-state index is -4.14. The maximum Gasteiger partial charge on any atom is 0.329 e. The van der Waals surface area contributed by atoms with Crippen molar-refractivity contribution >= 4 is 25.3 Å². The van der Waals surface area contributed by atoms with E-state index in [1.165, 1.54) is 29.0 Å². The molecule has 0 fully saturated rings. The Hall–Kier alpha value is -3.06. The van der Waals surface area contributed by atoms with E-state index < -0.39 is 13.5 Å². The molecule has 7 nitrogen and oxygen atoms in total. The molecule has 0 aliphatic rings. The molecule has 0 radical (unpaired) electrons. The van der Waals surface area contributed by atoms with Crippen LogP contribution in [0.25, 0.3) is 17.3 Å². The van der Waals surface area contributed by atoms with Crippen LogP contribution < -0.4 is 5.32 Å². The standard InChI is InChI=1S/C20H19FN3O4P/c1-24-20(17-4-2-3-5-18(17)21)15(12-22-24)8-11-19(25)23-16-9-6-14(7-10-16)13-29(26,27)28/h2-12H,13H2,1H3,(H,23,25)(H2,26,27,28)/b11-8+. The summed E-state index contributed by atoms with van der Waals surface area (Å²) in [7, 11) is -2.45. The fraction of sp³-hybridized carbons (Fsp3) is 0.100. The Labute approximate surface area is 166 Å². The number of anilines is 1. The molecule has 0 saturated carbocycles. The number of hydrogen-bond donors (Lipinski definition) is 3. The summed E-state index contributed by atoms with van der Waals surface area (Å²) >= 11 is 0. The molecule has 3 rings (SSSR count). The summed E-state index contributed by atoms with van der Waals surface area (Å²) in [6.45, 7) is 0. The number of amides is 1. The maximum absolute atomic E-state index is 14.1. The molecule has 150 valence electrons. The van der Waals surface area contributed by atoms with Gasteiger partial charge >= 0.3 is 7.60 Å². The summed E-state index contributed by atoms with van der Waals surface area (Å²) in [6, 6.07) is 12.5. The second kappa shape index (κ2) is 8.53. The van der Waals surface area contributed by atoms with E-state index in [0.29, 0.717) is 28.1 Å². The Balaban J connectivity index is 1.72. The Bertz CT molecular complexity index is 1100. The van der Waals surface area contributed by atoms with Crippen molar-refractivity contribution < 1.29 is 23.5 Å². The van der Waals surface area contributed by atoms with Crippen LogP contribution in [0.5, 0.6) is 0 Å². The van der Waals surface area contributed by atoms with Gasteiger partial charge in [-0.25, -0.2) is 4.39 Å². The molecule has 0 aliphatic carbocycles. The number of carbonyl (C=O) groups excluding carboxylic acids is 1. The summed E-state index contributed by atoms with van der Waals surface area (Å²) in [4.78, 5) is 30.2. The lowest BCUT2D eigenvalue weighted by molar-refractivity contribution is -0.111. The first kappa shape index (κ1) is 20.7. The number of nitrogens with one attached hydrogen (secondary N) is 1. The zero-order valence-corrected chi connectivity index (χ0v) is 16.4. The molecule has 0 saturated heterocycles. The molecule has 0 bridgehead atoms. The third-order valence-corrected chi connectivity index (χ3v) is 4.90. The highest BCUT2D eigenvalue weighted by Crippen LogP contribution is 2.39. The highest BCUT2D eigenvalue weighted by Gasteiger charge is 2.14. The number of halogens is 1. The fourth-order valence-corrected chi connectivity index (χ4v) is 3.53. The summed E-state index contributed by atoms with van der Waals surface area (Å²) in [5, 5.41) is 6.80. The van der Waals surface area contributed by atoms with Crippen molar-refractivity contribution in [2.24, 2.45) is 7.05 Å². The lowest BCUT2D eigenvalue weighted by atomic mass is 10.1. The van der Waals surface area contributed by atoms with Crippen LogP contribution in [0.1, 0.15) is 11.1 Å². The van der Waals surface area contributed by atoms with Crippen molar-refractivity contribution in [3.8, 4) is 11.3 Å². The predicted molar refractivity (Wildman–Crippen MR) is 108 cm³/mol. The van der Waals surface area contributed by atoms with Crippen LogP contribution >= 0.6 is 7.60 Å². The average molecular weight is 415 g/mol. The number of hydrogen-bond acceptors (Lipinski definition) is 3. The van der Waals surface area contributed by atoms with E-state index >= 15 is 0 Å². The molecule has 0 atom stereocenters. The number of nitrogens with zero attached hydrogens (tertiary/aromatic N) is 2. The predicted octanol–water partition coefficient (Wildman–Crippen LogP) is 3.56. The molecule has 29 heavy (non-hydrogen) atoms. The van der Waals surface area contributed by atoms with Crippen LogP contribution in [-0.2, 0) is 22.6 Å². The Morgan fingerprint density at radius 1 is 1.21 bits per heavy atom. The first-order valence-corrected chi connectivity index (χ1v) is 10.4. The van der Waals surface area contributed by atoms with E-state index in [0.717, 1.165) is 0 Å². The second-order valence-electron chi connectivity index (χ2n) is 6.39. The first-order chi connectivity index (χ1) is 13.7. The summed E-state index contributed by atoms with van der Waals surface area (Å²) in [6.07, 6.45) is 4.04. The third kappa shape index (κ3) is 5.48. The molecule has 3 N–H and O–H groups in total. The smallest absolute Gasteiger partial charge is 0.324 e. The van der Waals surface area contributed by atoms with Crippen molar-refractivity contribution in [3.63, 3.8) is 0 Å². The van der Waals surface area contributed by atoms with E-state index in [-0.39, 0.29) is 12.0 Å². The van der Waals surface area contributed by atoms with E-state index in [1.807, 2.05) is 0 Å². The van der Waals surface area contributed by atoms with Gasteiger partial charge < -0.3 is 15.1 Å². The number of rotatable bonds is 6. The van der Waals surface area contributed by atoms with Gasteiger partial charge in [0.25, 0.3) is 0 Å². The molecule has 0 unspecified atom stereocenters. The molecule has 9 heteroatoms. The van der Waals surface area contributed by atoms with Crippen molar-refractivity contribution in [2.75, 3.05) is 5.32 Å². The molecule has 1 amide bonds. The van der Waals surface area contributed by atoms with E-state index in [4.69, 9.17) is 9.79 Å². The third-order valence-electron chi connectivity index (χ3n) is 4.12. The minimum absolute atomic E-state index is 0.360. The minimum Gasteiger partial charge on any atom is -0.324 e. The lowest BCUT2D eigenvalue weighted by Crippen LogP contribution is -2.07. The monoisotopic (exact) mass is 415 g/mol. The first-order valence-electron chi connectivity index (χ1n) is 8.62. The van der Waals surface area contributed by atoms with Crippen LogP contribution in [-0.4, -0.2) is 25.5 Å². The molecule has 1 heterocycles. The Morgan fingerprint density at radius 3 is 2.55 bits per heavy atom. The van der Waals surface area contributed by atoms with Crippen molar-refractivity contribution in [1.82, 2.24) is 9.78 Å². The van der Waals surface area contributed by atoms with Crippen molar-refractivity contribution in [1.29, 1.82) is 0 Å².